The smallest absolute Gasteiger partial charge is 0.251 e. The minimum atomic E-state index is -0.352. The predicted octanol–water partition coefficient (Wildman–Crippen LogP) is 4.62. The molecular weight excluding hydrogens is 450 g/mol. The van der Waals surface area contributed by atoms with Crippen molar-refractivity contribution >= 4 is 16.7 Å². The fourth-order valence-electron chi connectivity index (χ4n) is 5.25. The number of aliphatic hydroxyl groups is 1. The second-order valence-corrected chi connectivity index (χ2v) is 9.99. The minimum Gasteiger partial charge on any atom is -0.396 e. The Hall–Kier alpha value is -3.84. The molecule has 0 radical (unpaired) electrons. The number of hydrogen-bond acceptors (Lipinski definition) is 5. The second-order valence-electron chi connectivity index (χ2n) is 9.99. The maximum atomic E-state index is 13.5. The first-order chi connectivity index (χ1) is 17.5. The van der Waals surface area contributed by atoms with Crippen LogP contribution in [0.3, 0.4) is 0 Å². The van der Waals surface area contributed by atoms with Crippen molar-refractivity contribution in [2.75, 3.05) is 6.61 Å². The van der Waals surface area contributed by atoms with Crippen LogP contribution in [0, 0.1) is 11.3 Å². The third-order valence-corrected chi connectivity index (χ3v) is 7.21. The molecular formula is C29H31N5O2. The van der Waals surface area contributed by atoms with E-state index in [9.17, 15) is 9.90 Å². The van der Waals surface area contributed by atoms with E-state index in [1.807, 2.05) is 54.9 Å². The van der Waals surface area contributed by atoms with Crippen molar-refractivity contribution in [1.29, 1.82) is 0 Å². The molecule has 0 saturated carbocycles. The number of rotatable bonds is 8. The van der Waals surface area contributed by atoms with Crippen LogP contribution in [0.5, 0.6) is 0 Å². The van der Waals surface area contributed by atoms with Gasteiger partial charge in [-0.1, -0.05) is 61.5 Å². The van der Waals surface area contributed by atoms with E-state index in [1.54, 1.807) is 10.9 Å². The van der Waals surface area contributed by atoms with Crippen molar-refractivity contribution in [3.63, 3.8) is 0 Å². The van der Waals surface area contributed by atoms with E-state index in [4.69, 9.17) is 0 Å². The maximum absolute atomic E-state index is 13.5. The first-order valence-corrected chi connectivity index (χ1v) is 12.4. The number of hydrogen-bond donors (Lipinski definition) is 2. The molecule has 7 heteroatoms. The highest BCUT2D eigenvalue weighted by atomic mass is 16.3. The standard InChI is InChI=1S/C29H31N5O2/c1-20(2)27(29(19-35)12-5-6-13-29)31-28(36)25-8-4-3-7-24(25)17-34-18-26(32-33-34)22-9-10-23-16-30-14-11-21(23)15-22/h3-11,14-16,18,20,27,35H,12-13,17,19H2,1-2H3,(H,31,36). The summed E-state index contributed by atoms with van der Waals surface area (Å²) in [6.45, 7) is 4.64. The Morgan fingerprint density at radius 1 is 1.11 bits per heavy atom. The van der Waals surface area contributed by atoms with E-state index in [0.29, 0.717) is 12.1 Å². The largest absolute Gasteiger partial charge is 0.396 e. The van der Waals surface area contributed by atoms with Crippen LogP contribution in [0.2, 0.25) is 0 Å². The van der Waals surface area contributed by atoms with Crippen molar-refractivity contribution < 1.29 is 9.90 Å². The quantitative estimate of drug-likeness (QED) is 0.358. The van der Waals surface area contributed by atoms with Crippen molar-refractivity contribution in [1.82, 2.24) is 25.3 Å². The van der Waals surface area contributed by atoms with Gasteiger partial charge >= 0.3 is 0 Å². The number of amides is 1. The Labute approximate surface area is 210 Å². The molecule has 1 aliphatic rings. The number of carbonyl (C=O) groups is 1. The van der Waals surface area contributed by atoms with Gasteiger partial charge in [0.25, 0.3) is 5.91 Å². The summed E-state index contributed by atoms with van der Waals surface area (Å²) < 4.78 is 1.76. The van der Waals surface area contributed by atoms with E-state index < -0.39 is 0 Å². The number of fused-ring (bicyclic) bond motifs is 1. The van der Waals surface area contributed by atoms with Crippen molar-refractivity contribution in [2.45, 2.75) is 39.3 Å². The first-order valence-electron chi connectivity index (χ1n) is 12.4. The van der Waals surface area contributed by atoms with Gasteiger partial charge in [-0.25, -0.2) is 4.68 Å². The first kappa shape index (κ1) is 23.9. The fraction of sp³-hybridized carbons (Fsp3) is 0.310. The van der Waals surface area contributed by atoms with E-state index in [1.165, 1.54) is 0 Å². The highest BCUT2D eigenvalue weighted by Crippen LogP contribution is 2.39. The van der Waals surface area contributed by atoms with Crippen LogP contribution in [-0.2, 0) is 6.54 Å². The summed E-state index contributed by atoms with van der Waals surface area (Å²) in [5, 5.41) is 24.3. The molecule has 0 saturated heterocycles. The van der Waals surface area contributed by atoms with Crippen molar-refractivity contribution in [3.8, 4) is 11.3 Å². The van der Waals surface area contributed by atoms with E-state index in [-0.39, 0.29) is 29.9 Å². The zero-order chi connectivity index (χ0) is 25.1. The molecule has 7 nitrogen and oxygen atoms in total. The molecule has 1 aliphatic carbocycles. The molecule has 2 heterocycles. The Balaban J connectivity index is 1.36. The lowest BCUT2D eigenvalue weighted by Gasteiger charge is -2.39. The topological polar surface area (TPSA) is 92.9 Å². The zero-order valence-electron chi connectivity index (χ0n) is 20.6. The van der Waals surface area contributed by atoms with E-state index >= 15 is 0 Å². The molecule has 0 aliphatic heterocycles. The van der Waals surface area contributed by atoms with Gasteiger partial charge in [0, 0.05) is 40.4 Å². The van der Waals surface area contributed by atoms with Crippen LogP contribution in [0.1, 0.15) is 42.6 Å². The summed E-state index contributed by atoms with van der Waals surface area (Å²) >= 11 is 0. The van der Waals surface area contributed by atoms with Crippen molar-refractivity contribution in [3.05, 3.63) is 90.4 Å². The molecule has 5 rings (SSSR count). The predicted molar refractivity (Wildman–Crippen MR) is 140 cm³/mol. The number of nitrogens with zero attached hydrogens (tertiary/aromatic N) is 4. The fourth-order valence-corrected chi connectivity index (χ4v) is 5.25. The summed E-state index contributed by atoms with van der Waals surface area (Å²) in [6, 6.07) is 15.5. The molecule has 0 bridgehead atoms. The maximum Gasteiger partial charge on any atom is 0.251 e. The molecule has 4 aromatic rings. The average molecular weight is 482 g/mol. The van der Waals surface area contributed by atoms with Crippen LogP contribution < -0.4 is 5.32 Å². The zero-order valence-corrected chi connectivity index (χ0v) is 20.6. The van der Waals surface area contributed by atoms with Gasteiger partial charge in [0.05, 0.1) is 19.3 Å². The molecule has 36 heavy (non-hydrogen) atoms. The Morgan fingerprint density at radius 3 is 2.69 bits per heavy atom. The number of pyridine rings is 1. The number of carbonyl (C=O) groups excluding carboxylic acids is 1. The highest BCUT2D eigenvalue weighted by Gasteiger charge is 2.41. The van der Waals surface area contributed by atoms with Crippen molar-refractivity contribution in [2.24, 2.45) is 11.3 Å². The van der Waals surface area contributed by atoms with Gasteiger partial charge in [-0.2, -0.15) is 0 Å². The van der Waals surface area contributed by atoms with Gasteiger partial charge in [0.2, 0.25) is 0 Å². The molecule has 2 aromatic heterocycles. The summed E-state index contributed by atoms with van der Waals surface area (Å²) in [7, 11) is 0. The molecule has 2 aromatic carbocycles. The van der Waals surface area contributed by atoms with Gasteiger partial charge in [-0.05, 0) is 47.9 Å². The van der Waals surface area contributed by atoms with Gasteiger partial charge < -0.3 is 10.4 Å². The average Bonchev–Trinajstić information content (AvgIpc) is 3.57. The van der Waals surface area contributed by atoms with Crippen LogP contribution in [-0.4, -0.2) is 43.6 Å². The minimum absolute atomic E-state index is 0.0395. The third-order valence-electron chi connectivity index (χ3n) is 7.21. The highest BCUT2D eigenvalue weighted by molar-refractivity contribution is 5.96. The number of aromatic nitrogens is 4. The molecule has 1 amide bonds. The summed E-state index contributed by atoms with van der Waals surface area (Å²) in [4.78, 5) is 17.6. The summed E-state index contributed by atoms with van der Waals surface area (Å²) in [6.07, 6.45) is 11.2. The Morgan fingerprint density at radius 2 is 1.92 bits per heavy atom. The summed E-state index contributed by atoms with van der Waals surface area (Å²) in [5.41, 5.74) is 2.87. The van der Waals surface area contributed by atoms with Gasteiger partial charge in [0.1, 0.15) is 5.69 Å². The van der Waals surface area contributed by atoms with Gasteiger partial charge in [-0.3, -0.25) is 9.78 Å². The molecule has 1 atom stereocenters. The molecule has 184 valence electrons. The normalized spacial score (nSPS) is 15.4. The third kappa shape index (κ3) is 4.66. The second kappa shape index (κ2) is 10.0. The van der Waals surface area contributed by atoms with Crippen LogP contribution in [0.25, 0.3) is 22.0 Å². The number of nitrogens with one attached hydrogen (secondary N) is 1. The monoisotopic (exact) mass is 481 g/mol. The Kier molecular flexibility index (Phi) is 6.65. The van der Waals surface area contributed by atoms with Crippen LogP contribution >= 0.6 is 0 Å². The lowest BCUT2D eigenvalue weighted by Crippen LogP contribution is -2.51. The number of aliphatic hydroxyl groups excluding tert-OH is 1. The summed E-state index contributed by atoms with van der Waals surface area (Å²) in [5.74, 6) is 0.0521. The van der Waals surface area contributed by atoms with Gasteiger partial charge in [0.15, 0.2) is 0 Å². The number of allylic oxidation sites excluding steroid dienone is 2. The van der Waals surface area contributed by atoms with Gasteiger partial charge in [-0.15, -0.1) is 5.10 Å². The van der Waals surface area contributed by atoms with Crippen LogP contribution in [0.4, 0.5) is 0 Å². The Bertz CT molecular complexity index is 1400. The molecule has 0 spiro atoms. The molecule has 1 unspecified atom stereocenters. The van der Waals surface area contributed by atoms with E-state index in [2.05, 4.69) is 52.7 Å². The lowest BCUT2D eigenvalue weighted by atomic mass is 9.73. The van der Waals surface area contributed by atoms with Crippen LogP contribution in [0.15, 0.2) is 79.3 Å². The van der Waals surface area contributed by atoms with E-state index in [0.717, 1.165) is 40.4 Å². The molecule has 2 N–H and O–H groups in total. The molecule has 0 fully saturated rings. The number of benzene rings is 2. The lowest BCUT2D eigenvalue weighted by molar-refractivity contribution is 0.0603. The SMILES string of the molecule is CC(C)C(NC(=O)c1ccccc1Cn1cc(-c2ccc3cnccc3c2)nn1)C1(CO)CC=CC1.